The Morgan fingerprint density at radius 2 is 1.82 bits per heavy atom. The van der Waals surface area contributed by atoms with Crippen molar-refractivity contribution in [2.24, 2.45) is 5.92 Å². The number of rotatable bonds is 4. The van der Waals surface area contributed by atoms with E-state index < -0.39 is 0 Å². The van der Waals surface area contributed by atoms with Crippen LogP contribution in [0.15, 0.2) is 42.5 Å². The Morgan fingerprint density at radius 1 is 1.14 bits per heavy atom. The van der Waals surface area contributed by atoms with Gasteiger partial charge in [0.1, 0.15) is 5.75 Å². The first-order valence-corrected chi connectivity index (χ1v) is 9.64. The van der Waals surface area contributed by atoms with Gasteiger partial charge in [0.25, 0.3) is 11.8 Å². The highest BCUT2D eigenvalue weighted by Gasteiger charge is 2.26. The lowest BCUT2D eigenvalue weighted by Gasteiger charge is -2.31. The summed E-state index contributed by atoms with van der Waals surface area (Å²) in [5.74, 6) is 0.739. The molecule has 2 aromatic carbocycles. The molecule has 2 amide bonds. The molecule has 0 saturated heterocycles. The highest BCUT2D eigenvalue weighted by Crippen LogP contribution is 2.35. The summed E-state index contributed by atoms with van der Waals surface area (Å²) in [6.07, 6.45) is 0. The number of fused-ring (bicyclic) bond motifs is 1. The third kappa shape index (κ3) is 4.35. The number of carbonyl (C=O) groups excluding carboxylic acids is 2. The number of benzene rings is 2. The molecule has 0 atom stereocenters. The number of ether oxygens (including phenoxy) is 1. The number of carbonyl (C=O) groups is 2. The molecule has 0 bridgehead atoms. The summed E-state index contributed by atoms with van der Waals surface area (Å²) in [5.41, 5.74) is 3.15. The van der Waals surface area contributed by atoms with Crippen LogP contribution in [0.25, 0.3) is 0 Å². The largest absolute Gasteiger partial charge is 0.482 e. The summed E-state index contributed by atoms with van der Waals surface area (Å²) >= 11 is 0. The maximum Gasteiger partial charge on any atom is 0.265 e. The standard InChI is InChI=1S/C23H28N2O3/c1-15(2)13-25-19-12-18(10-11-20(19)28-14-21(25)26)24-22(27)16-6-8-17(9-7-16)23(3,4)5/h6-12,15H,13-14H2,1-5H3,(H,24,27). The number of nitrogens with one attached hydrogen (secondary N) is 1. The Hall–Kier alpha value is -2.82. The fourth-order valence-corrected chi connectivity index (χ4v) is 3.17. The van der Waals surface area contributed by atoms with Crippen molar-refractivity contribution in [2.45, 2.75) is 40.0 Å². The molecule has 1 heterocycles. The van der Waals surface area contributed by atoms with Gasteiger partial charge in [-0.3, -0.25) is 9.59 Å². The van der Waals surface area contributed by atoms with Gasteiger partial charge >= 0.3 is 0 Å². The molecule has 3 rings (SSSR count). The van der Waals surface area contributed by atoms with Crippen molar-refractivity contribution < 1.29 is 14.3 Å². The van der Waals surface area contributed by atoms with E-state index in [2.05, 4.69) is 39.9 Å². The van der Waals surface area contributed by atoms with Crippen LogP contribution in [0.4, 0.5) is 11.4 Å². The van der Waals surface area contributed by atoms with Crippen LogP contribution in [0, 0.1) is 5.92 Å². The zero-order valence-electron chi connectivity index (χ0n) is 17.2. The maximum atomic E-state index is 12.6. The molecule has 0 aliphatic carbocycles. The smallest absolute Gasteiger partial charge is 0.265 e. The predicted molar refractivity (Wildman–Crippen MR) is 112 cm³/mol. The quantitative estimate of drug-likeness (QED) is 0.842. The van der Waals surface area contributed by atoms with Crippen LogP contribution in [-0.4, -0.2) is 25.0 Å². The monoisotopic (exact) mass is 380 g/mol. The molecule has 0 saturated carbocycles. The topological polar surface area (TPSA) is 58.6 Å². The van der Waals surface area contributed by atoms with Crippen molar-refractivity contribution in [1.29, 1.82) is 0 Å². The number of amides is 2. The SMILES string of the molecule is CC(C)CN1C(=O)COc2ccc(NC(=O)c3ccc(C(C)(C)C)cc3)cc21. The zero-order valence-corrected chi connectivity index (χ0v) is 17.2. The van der Waals surface area contributed by atoms with Crippen molar-refractivity contribution in [3.05, 3.63) is 53.6 Å². The fraction of sp³-hybridized carbons (Fsp3) is 0.391. The molecule has 5 heteroatoms. The van der Waals surface area contributed by atoms with Crippen LogP contribution >= 0.6 is 0 Å². The third-order valence-electron chi connectivity index (χ3n) is 4.72. The van der Waals surface area contributed by atoms with Crippen molar-refractivity contribution in [2.75, 3.05) is 23.4 Å². The summed E-state index contributed by atoms with van der Waals surface area (Å²) in [5, 5.41) is 2.92. The molecule has 0 radical (unpaired) electrons. The fourth-order valence-electron chi connectivity index (χ4n) is 3.17. The van der Waals surface area contributed by atoms with Crippen LogP contribution < -0.4 is 15.0 Å². The van der Waals surface area contributed by atoms with Crippen molar-refractivity contribution in [3.8, 4) is 5.75 Å². The van der Waals surface area contributed by atoms with Gasteiger partial charge in [0.2, 0.25) is 0 Å². The van der Waals surface area contributed by atoms with Crippen molar-refractivity contribution in [1.82, 2.24) is 0 Å². The molecule has 0 aromatic heterocycles. The van der Waals surface area contributed by atoms with E-state index in [1.807, 2.05) is 24.3 Å². The van der Waals surface area contributed by atoms with Gasteiger partial charge in [0.05, 0.1) is 5.69 Å². The summed E-state index contributed by atoms with van der Waals surface area (Å²) in [4.78, 5) is 26.7. The molecule has 2 aromatic rings. The first-order chi connectivity index (χ1) is 13.1. The van der Waals surface area contributed by atoms with E-state index in [0.29, 0.717) is 35.2 Å². The second kappa shape index (κ2) is 7.66. The third-order valence-corrected chi connectivity index (χ3v) is 4.72. The molecular formula is C23H28N2O3. The van der Waals surface area contributed by atoms with E-state index in [0.717, 1.165) is 0 Å². The Morgan fingerprint density at radius 3 is 2.43 bits per heavy atom. The highest BCUT2D eigenvalue weighted by molar-refractivity contribution is 6.05. The van der Waals surface area contributed by atoms with E-state index in [-0.39, 0.29) is 23.8 Å². The minimum atomic E-state index is -0.182. The normalized spacial score (nSPS) is 13.9. The minimum Gasteiger partial charge on any atom is -0.482 e. The zero-order chi connectivity index (χ0) is 20.5. The molecule has 1 aliphatic rings. The summed E-state index contributed by atoms with van der Waals surface area (Å²) in [6.45, 7) is 11.2. The maximum absolute atomic E-state index is 12.6. The van der Waals surface area contributed by atoms with Crippen LogP contribution in [0.5, 0.6) is 5.75 Å². The Kier molecular flexibility index (Phi) is 5.45. The Bertz CT molecular complexity index is 880. The summed E-state index contributed by atoms with van der Waals surface area (Å²) in [7, 11) is 0. The van der Waals surface area contributed by atoms with E-state index in [9.17, 15) is 9.59 Å². The molecule has 28 heavy (non-hydrogen) atoms. The summed E-state index contributed by atoms with van der Waals surface area (Å²) in [6, 6.07) is 13.0. The number of anilines is 2. The van der Waals surface area contributed by atoms with Gasteiger partial charge in [-0.25, -0.2) is 0 Å². The minimum absolute atomic E-state index is 0.0416. The number of hydrogen-bond donors (Lipinski definition) is 1. The molecule has 0 spiro atoms. The van der Waals surface area contributed by atoms with E-state index in [4.69, 9.17) is 4.74 Å². The molecule has 0 unspecified atom stereocenters. The molecule has 5 nitrogen and oxygen atoms in total. The second-order valence-electron chi connectivity index (χ2n) is 8.65. The van der Waals surface area contributed by atoms with E-state index in [1.165, 1.54) is 5.56 Å². The van der Waals surface area contributed by atoms with Crippen LogP contribution in [0.3, 0.4) is 0 Å². The molecule has 1 aliphatic heterocycles. The van der Waals surface area contributed by atoms with Gasteiger partial charge in [-0.1, -0.05) is 46.8 Å². The van der Waals surface area contributed by atoms with Gasteiger partial charge in [0.15, 0.2) is 6.61 Å². The van der Waals surface area contributed by atoms with Gasteiger partial charge in [0, 0.05) is 17.8 Å². The molecule has 0 fully saturated rings. The summed E-state index contributed by atoms with van der Waals surface area (Å²) < 4.78 is 5.53. The van der Waals surface area contributed by atoms with Crippen molar-refractivity contribution >= 4 is 23.2 Å². The van der Waals surface area contributed by atoms with Crippen molar-refractivity contribution in [3.63, 3.8) is 0 Å². The number of nitrogens with zero attached hydrogens (tertiary/aromatic N) is 1. The Balaban J connectivity index is 1.80. The first kappa shape index (κ1) is 19.9. The molecule has 148 valence electrons. The van der Waals surface area contributed by atoms with Crippen LogP contribution in [0.2, 0.25) is 0 Å². The lowest BCUT2D eigenvalue weighted by atomic mass is 9.87. The van der Waals surface area contributed by atoms with E-state index >= 15 is 0 Å². The first-order valence-electron chi connectivity index (χ1n) is 9.64. The van der Waals surface area contributed by atoms with Gasteiger partial charge < -0.3 is 15.0 Å². The lowest BCUT2D eigenvalue weighted by molar-refractivity contribution is -0.121. The predicted octanol–water partition coefficient (Wildman–Crippen LogP) is 4.62. The highest BCUT2D eigenvalue weighted by atomic mass is 16.5. The second-order valence-corrected chi connectivity index (χ2v) is 8.65. The van der Waals surface area contributed by atoms with Gasteiger partial charge in [-0.05, 0) is 47.2 Å². The average Bonchev–Trinajstić information content (AvgIpc) is 2.63. The number of hydrogen-bond acceptors (Lipinski definition) is 3. The van der Waals surface area contributed by atoms with Crippen LogP contribution in [0.1, 0.15) is 50.5 Å². The average molecular weight is 380 g/mol. The van der Waals surface area contributed by atoms with E-state index in [1.54, 1.807) is 23.1 Å². The Labute approximate surface area is 166 Å². The van der Waals surface area contributed by atoms with Gasteiger partial charge in [-0.2, -0.15) is 0 Å². The van der Waals surface area contributed by atoms with Gasteiger partial charge in [-0.15, -0.1) is 0 Å². The lowest BCUT2D eigenvalue weighted by Crippen LogP contribution is -2.41. The molecular weight excluding hydrogens is 352 g/mol. The van der Waals surface area contributed by atoms with Crippen LogP contribution in [-0.2, 0) is 10.2 Å². The molecule has 1 N–H and O–H groups in total.